The first-order valence-electron chi connectivity index (χ1n) is 4.98. The molecule has 0 amide bonds. The lowest BCUT2D eigenvalue weighted by Gasteiger charge is -2.11. The van der Waals surface area contributed by atoms with Gasteiger partial charge in [0.05, 0.1) is 5.38 Å². The predicted octanol–water partition coefficient (Wildman–Crippen LogP) is 1.91. The average molecular weight is 263 g/mol. The molecule has 0 fully saturated rings. The predicted molar refractivity (Wildman–Crippen MR) is 65.8 cm³/mol. The molecule has 0 spiro atoms. The van der Waals surface area contributed by atoms with Crippen molar-refractivity contribution in [2.45, 2.75) is 23.6 Å². The van der Waals surface area contributed by atoms with E-state index >= 15 is 0 Å². The number of hydrogen-bond donors (Lipinski definition) is 1. The van der Waals surface area contributed by atoms with E-state index in [-0.39, 0.29) is 10.3 Å². The molecule has 16 heavy (non-hydrogen) atoms. The molecule has 0 saturated carbocycles. The highest BCUT2D eigenvalue weighted by atomic mass is 35.5. The summed E-state index contributed by atoms with van der Waals surface area (Å²) in [5, 5.41) is 2.92. The highest BCUT2D eigenvalue weighted by Gasteiger charge is 2.14. The number of alkyl halides is 1. The van der Waals surface area contributed by atoms with Crippen LogP contribution in [0, 0.1) is 0 Å². The summed E-state index contributed by atoms with van der Waals surface area (Å²) in [5.74, 6) is 0.365. The zero-order valence-electron chi connectivity index (χ0n) is 9.27. The summed E-state index contributed by atoms with van der Waals surface area (Å²) in [6.45, 7) is 2.47. The van der Waals surface area contributed by atoms with Gasteiger partial charge in [-0.05, 0) is 18.6 Å². The lowest BCUT2D eigenvalue weighted by Crippen LogP contribution is -2.16. The fourth-order valence-corrected chi connectivity index (χ4v) is 2.05. The van der Waals surface area contributed by atoms with Crippen LogP contribution in [0.5, 0.6) is 0 Å². The Kier molecular flexibility index (Phi) is 4.56. The van der Waals surface area contributed by atoms with Crippen molar-refractivity contribution in [3.63, 3.8) is 0 Å². The van der Waals surface area contributed by atoms with Crippen LogP contribution in [0.25, 0.3) is 0 Å². The lowest BCUT2D eigenvalue weighted by atomic mass is 10.3. The molecule has 0 aliphatic rings. The highest BCUT2D eigenvalue weighted by Crippen LogP contribution is 2.18. The maximum atomic E-state index is 11.5. The van der Waals surface area contributed by atoms with E-state index in [2.05, 4.69) is 10.3 Å². The quantitative estimate of drug-likeness (QED) is 0.824. The monoisotopic (exact) mass is 262 g/mol. The van der Waals surface area contributed by atoms with Gasteiger partial charge in [0.1, 0.15) is 10.7 Å². The minimum Gasteiger partial charge on any atom is -0.368 e. The maximum absolute atomic E-state index is 11.5. The van der Waals surface area contributed by atoms with Gasteiger partial charge in [0, 0.05) is 19.0 Å². The van der Waals surface area contributed by atoms with Gasteiger partial charge >= 0.3 is 0 Å². The second-order valence-electron chi connectivity index (χ2n) is 3.51. The highest BCUT2D eigenvalue weighted by molar-refractivity contribution is 7.90. The zero-order chi connectivity index (χ0) is 12.2. The van der Waals surface area contributed by atoms with Gasteiger partial charge in [-0.1, -0.05) is 6.92 Å². The normalized spacial score (nSPS) is 13.4. The summed E-state index contributed by atoms with van der Waals surface area (Å²) >= 11 is 5.94. The molecule has 6 heteroatoms. The summed E-state index contributed by atoms with van der Waals surface area (Å²) in [5.41, 5.74) is 0. The van der Waals surface area contributed by atoms with E-state index in [1.807, 2.05) is 6.92 Å². The summed E-state index contributed by atoms with van der Waals surface area (Å²) < 4.78 is 22.9. The number of pyridine rings is 1. The van der Waals surface area contributed by atoms with Gasteiger partial charge in [-0.25, -0.2) is 13.4 Å². The minimum atomic E-state index is -3.26. The van der Waals surface area contributed by atoms with Crippen LogP contribution >= 0.6 is 11.6 Å². The van der Waals surface area contributed by atoms with Crippen LogP contribution in [0.15, 0.2) is 23.2 Å². The smallest absolute Gasteiger partial charge is 0.179 e. The van der Waals surface area contributed by atoms with Crippen LogP contribution in [-0.2, 0) is 9.84 Å². The van der Waals surface area contributed by atoms with E-state index in [0.29, 0.717) is 12.4 Å². The van der Waals surface area contributed by atoms with Crippen molar-refractivity contribution in [1.29, 1.82) is 0 Å². The molecule has 1 N–H and O–H groups in total. The zero-order valence-corrected chi connectivity index (χ0v) is 10.8. The van der Waals surface area contributed by atoms with Gasteiger partial charge in [0.15, 0.2) is 9.84 Å². The van der Waals surface area contributed by atoms with Crippen molar-refractivity contribution in [3.05, 3.63) is 18.3 Å². The van der Waals surface area contributed by atoms with Gasteiger partial charge in [-0.2, -0.15) is 0 Å². The van der Waals surface area contributed by atoms with Gasteiger partial charge < -0.3 is 5.32 Å². The average Bonchev–Trinajstić information content (AvgIpc) is 2.25. The molecule has 0 bridgehead atoms. The molecule has 0 aliphatic carbocycles. The number of hydrogen-bond acceptors (Lipinski definition) is 4. The third-order valence-electron chi connectivity index (χ3n) is 2.10. The number of aromatic nitrogens is 1. The van der Waals surface area contributed by atoms with E-state index in [4.69, 9.17) is 11.6 Å². The molecule has 1 aromatic heterocycles. The number of sulfone groups is 1. The molecule has 0 radical (unpaired) electrons. The Hall–Kier alpha value is -0.810. The summed E-state index contributed by atoms with van der Waals surface area (Å²) in [7, 11) is -3.26. The molecule has 1 unspecified atom stereocenters. The van der Waals surface area contributed by atoms with Gasteiger partial charge in [0.25, 0.3) is 0 Å². The van der Waals surface area contributed by atoms with Crippen molar-refractivity contribution in [2.75, 3.05) is 18.1 Å². The molecule has 1 atom stereocenters. The van der Waals surface area contributed by atoms with Crippen LogP contribution in [-0.4, -0.2) is 31.6 Å². The number of anilines is 1. The molecular formula is C10H15ClN2O2S. The van der Waals surface area contributed by atoms with Crippen molar-refractivity contribution in [1.82, 2.24) is 4.98 Å². The molecule has 90 valence electrons. The largest absolute Gasteiger partial charge is 0.368 e. The third-order valence-corrected chi connectivity index (χ3v) is 3.70. The topological polar surface area (TPSA) is 59.1 Å². The Morgan fingerprint density at radius 1 is 1.56 bits per heavy atom. The van der Waals surface area contributed by atoms with Gasteiger partial charge in [0.2, 0.25) is 0 Å². The van der Waals surface area contributed by atoms with Crippen LogP contribution in [0.4, 0.5) is 5.82 Å². The van der Waals surface area contributed by atoms with Crippen molar-refractivity contribution in [3.8, 4) is 0 Å². The standard InChI is InChI=1S/C10H15ClN2O2S/c1-3-8(11)7-13-10-9(16(2,14)15)5-4-6-12-10/h4-6,8H,3,7H2,1-2H3,(H,12,13). The first-order chi connectivity index (χ1) is 7.45. The van der Waals surface area contributed by atoms with Crippen molar-refractivity contribution >= 4 is 27.3 Å². The fraction of sp³-hybridized carbons (Fsp3) is 0.500. The summed E-state index contributed by atoms with van der Waals surface area (Å²) in [6, 6.07) is 3.12. The van der Waals surface area contributed by atoms with Crippen molar-refractivity contribution in [2.24, 2.45) is 0 Å². The minimum absolute atomic E-state index is 0.0329. The molecule has 0 saturated heterocycles. The number of halogens is 1. The number of nitrogens with zero attached hydrogens (tertiary/aromatic N) is 1. The third kappa shape index (κ3) is 3.64. The first-order valence-corrected chi connectivity index (χ1v) is 7.31. The molecule has 1 heterocycles. The first kappa shape index (κ1) is 13.3. The fourth-order valence-electron chi connectivity index (χ4n) is 1.17. The maximum Gasteiger partial charge on any atom is 0.179 e. The summed E-state index contributed by atoms with van der Waals surface area (Å²) in [6.07, 6.45) is 3.52. The Morgan fingerprint density at radius 3 is 2.81 bits per heavy atom. The summed E-state index contributed by atoms with van der Waals surface area (Å²) in [4.78, 5) is 4.21. The van der Waals surface area contributed by atoms with Crippen LogP contribution in [0.3, 0.4) is 0 Å². The Labute approximate surface area is 101 Å². The van der Waals surface area contributed by atoms with Crippen LogP contribution < -0.4 is 5.32 Å². The molecule has 0 aromatic carbocycles. The molecular weight excluding hydrogens is 248 g/mol. The van der Waals surface area contributed by atoms with Gasteiger partial charge in [-0.15, -0.1) is 11.6 Å². The van der Waals surface area contributed by atoms with E-state index < -0.39 is 9.84 Å². The molecule has 4 nitrogen and oxygen atoms in total. The second-order valence-corrected chi connectivity index (χ2v) is 6.11. The number of rotatable bonds is 5. The van der Waals surface area contributed by atoms with Gasteiger partial charge in [-0.3, -0.25) is 0 Å². The van der Waals surface area contributed by atoms with E-state index in [9.17, 15) is 8.42 Å². The lowest BCUT2D eigenvalue weighted by molar-refractivity contribution is 0.601. The molecule has 0 aliphatic heterocycles. The Balaban J connectivity index is 2.88. The van der Waals surface area contributed by atoms with E-state index in [1.54, 1.807) is 12.3 Å². The van der Waals surface area contributed by atoms with E-state index in [0.717, 1.165) is 12.7 Å². The SMILES string of the molecule is CCC(Cl)CNc1ncccc1S(C)(=O)=O. The molecule has 1 aromatic rings. The Bertz CT molecular complexity index is 448. The van der Waals surface area contributed by atoms with Crippen molar-refractivity contribution < 1.29 is 8.42 Å². The van der Waals surface area contributed by atoms with Crippen LogP contribution in [0.2, 0.25) is 0 Å². The van der Waals surface area contributed by atoms with E-state index in [1.165, 1.54) is 6.07 Å². The van der Waals surface area contributed by atoms with Crippen LogP contribution in [0.1, 0.15) is 13.3 Å². The second kappa shape index (κ2) is 5.50. The molecule has 1 rings (SSSR count). The Morgan fingerprint density at radius 2 is 2.25 bits per heavy atom. The number of nitrogens with one attached hydrogen (secondary N) is 1.